The summed E-state index contributed by atoms with van der Waals surface area (Å²) in [6, 6.07) is -5.20. The number of carboxylic acid groups (broad SMARTS) is 1. The molecule has 0 saturated carbocycles. The molecule has 0 aromatic rings. The molecule has 10 N–H and O–H groups in total. The van der Waals surface area contributed by atoms with E-state index in [0.717, 1.165) is 6.92 Å². The summed E-state index contributed by atoms with van der Waals surface area (Å²) in [5, 5.41) is 47.1. The number of aliphatic hydroxyl groups is 3. The molecule has 0 aromatic heterocycles. The fourth-order valence-corrected chi connectivity index (χ4v) is 3.36. The molecule has 7 atom stereocenters. The third kappa shape index (κ3) is 13.4. The molecule has 0 saturated heterocycles. The van der Waals surface area contributed by atoms with Crippen molar-refractivity contribution in [3.63, 3.8) is 0 Å². The van der Waals surface area contributed by atoms with Crippen LogP contribution in [0.25, 0.3) is 0 Å². The van der Waals surface area contributed by atoms with E-state index >= 15 is 0 Å². The Morgan fingerprint density at radius 1 is 0.950 bits per heavy atom. The molecule has 0 aromatic carbocycles. The van der Waals surface area contributed by atoms with Gasteiger partial charge in [0.1, 0.15) is 55.4 Å². The van der Waals surface area contributed by atoms with Crippen molar-refractivity contribution in [2.75, 3.05) is 13.2 Å². The maximum Gasteiger partial charge on any atom is 0.326 e. The van der Waals surface area contributed by atoms with E-state index < -0.39 is 91.2 Å². The number of carbonyl (C=O) groups is 7. The standard InChI is InChI=1S/C23H39N5O12/c1-4-5-14(23(38)39)27-17(33)7-6-13(21(24)36)28-22(37)11(2)25-18(34)10-40-20(19(35)16(32)9-30)15(8-29)26-12(3)31/h8,11,13-16,19-20,30,32,35H,4-7,9-10H2,1-3H3,(H2,24,36)(H,25,34)(H,26,31)(H,27,33)(H,28,37)(H,38,39)/t11?,13?,14?,15-,16+,19+,20+/m0/s1. The largest absolute Gasteiger partial charge is 0.480 e. The third-order valence-electron chi connectivity index (χ3n) is 5.50. The molecule has 0 aliphatic carbocycles. The van der Waals surface area contributed by atoms with Crippen molar-refractivity contribution in [2.45, 2.75) is 88.9 Å². The molecule has 0 aliphatic heterocycles. The van der Waals surface area contributed by atoms with Crippen LogP contribution in [0.5, 0.6) is 0 Å². The number of carboxylic acids is 1. The van der Waals surface area contributed by atoms with Crippen LogP contribution in [-0.4, -0.2) is 118 Å². The summed E-state index contributed by atoms with van der Waals surface area (Å²) in [5.74, 6) is -5.36. The first kappa shape index (κ1) is 36.3. The Labute approximate surface area is 230 Å². The summed E-state index contributed by atoms with van der Waals surface area (Å²) in [6.45, 7) is 2.28. The van der Waals surface area contributed by atoms with Gasteiger partial charge in [-0.3, -0.25) is 24.0 Å². The minimum Gasteiger partial charge on any atom is -0.480 e. The number of amides is 5. The first-order chi connectivity index (χ1) is 18.7. The maximum atomic E-state index is 12.5. The minimum atomic E-state index is -1.89. The molecular weight excluding hydrogens is 538 g/mol. The van der Waals surface area contributed by atoms with Gasteiger partial charge >= 0.3 is 5.97 Å². The summed E-state index contributed by atoms with van der Waals surface area (Å²) in [6.07, 6.45) is -4.99. The van der Waals surface area contributed by atoms with Gasteiger partial charge < -0.3 is 57.0 Å². The van der Waals surface area contributed by atoms with Crippen LogP contribution in [0.3, 0.4) is 0 Å². The number of aliphatic hydroxyl groups excluding tert-OH is 3. The zero-order valence-electron chi connectivity index (χ0n) is 22.5. The van der Waals surface area contributed by atoms with Gasteiger partial charge in [-0.1, -0.05) is 13.3 Å². The SMILES string of the molecule is CCCC(NC(=O)CCC(NC(=O)C(C)NC(=O)CO[C@@H]([C@H](O)[C@H](O)CO)[C@H](C=O)NC(C)=O)C(N)=O)C(=O)O. The van der Waals surface area contributed by atoms with Crippen LogP contribution in [0.2, 0.25) is 0 Å². The van der Waals surface area contributed by atoms with Gasteiger partial charge in [0.2, 0.25) is 29.5 Å². The Balaban J connectivity index is 5.09. The average molecular weight is 578 g/mol. The fourth-order valence-electron chi connectivity index (χ4n) is 3.36. The lowest BCUT2D eigenvalue weighted by molar-refractivity contribution is -0.146. The number of rotatable bonds is 20. The van der Waals surface area contributed by atoms with Gasteiger partial charge in [-0.15, -0.1) is 0 Å². The van der Waals surface area contributed by atoms with Gasteiger partial charge in [-0.25, -0.2) is 4.79 Å². The van der Waals surface area contributed by atoms with E-state index in [-0.39, 0.29) is 25.5 Å². The van der Waals surface area contributed by atoms with Gasteiger partial charge in [0.25, 0.3) is 0 Å². The van der Waals surface area contributed by atoms with Gasteiger partial charge in [0.15, 0.2) is 0 Å². The molecule has 0 aliphatic rings. The average Bonchev–Trinajstić information content (AvgIpc) is 2.88. The lowest BCUT2D eigenvalue weighted by Gasteiger charge is -2.30. The molecule has 3 unspecified atom stereocenters. The quantitative estimate of drug-likeness (QED) is 0.0618. The number of nitrogens with one attached hydrogen (secondary N) is 4. The molecule has 5 amide bonds. The molecule has 40 heavy (non-hydrogen) atoms. The van der Waals surface area contributed by atoms with Crippen LogP contribution in [-0.2, 0) is 38.3 Å². The Kier molecular flexibility index (Phi) is 16.9. The van der Waals surface area contributed by atoms with Crippen molar-refractivity contribution < 1.29 is 58.7 Å². The maximum absolute atomic E-state index is 12.5. The van der Waals surface area contributed by atoms with Crippen molar-refractivity contribution >= 4 is 41.8 Å². The van der Waals surface area contributed by atoms with Crippen molar-refractivity contribution in [1.29, 1.82) is 0 Å². The fraction of sp³-hybridized carbons (Fsp3) is 0.696. The number of nitrogens with two attached hydrogens (primary N) is 1. The summed E-state index contributed by atoms with van der Waals surface area (Å²) in [5.41, 5.74) is 5.28. The normalized spacial score (nSPS) is 16.1. The summed E-state index contributed by atoms with van der Waals surface area (Å²) < 4.78 is 5.20. The number of hydrogen-bond donors (Lipinski definition) is 9. The van der Waals surface area contributed by atoms with Gasteiger partial charge in [-0.05, 0) is 19.8 Å². The van der Waals surface area contributed by atoms with Crippen molar-refractivity contribution in [3.05, 3.63) is 0 Å². The highest BCUT2D eigenvalue weighted by molar-refractivity contribution is 5.92. The zero-order chi connectivity index (χ0) is 31.0. The highest BCUT2D eigenvalue weighted by Gasteiger charge is 2.35. The molecule has 0 spiro atoms. The van der Waals surface area contributed by atoms with Gasteiger partial charge in [0.05, 0.1) is 6.61 Å². The molecular formula is C23H39N5O12. The lowest BCUT2D eigenvalue weighted by Crippen LogP contribution is -2.56. The zero-order valence-corrected chi connectivity index (χ0v) is 22.5. The molecule has 0 bridgehead atoms. The second-order valence-corrected chi connectivity index (χ2v) is 8.92. The second kappa shape index (κ2) is 18.6. The van der Waals surface area contributed by atoms with E-state index in [2.05, 4.69) is 21.3 Å². The number of hydrogen-bond acceptors (Lipinski definition) is 11. The van der Waals surface area contributed by atoms with Crippen LogP contribution in [0.15, 0.2) is 0 Å². The molecule has 0 rings (SSSR count). The highest BCUT2D eigenvalue weighted by Crippen LogP contribution is 2.09. The first-order valence-corrected chi connectivity index (χ1v) is 12.4. The minimum absolute atomic E-state index is 0.197. The Hall–Kier alpha value is -3.67. The number of aldehydes is 1. The van der Waals surface area contributed by atoms with E-state index in [9.17, 15) is 43.8 Å². The van der Waals surface area contributed by atoms with Gasteiger partial charge in [-0.2, -0.15) is 0 Å². The van der Waals surface area contributed by atoms with Crippen molar-refractivity contribution in [1.82, 2.24) is 21.3 Å². The smallest absolute Gasteiger partial charge is 0.326 e. The molecule has 17 heteroatoms. The predicted molar refractivity (Wildman–Crippen MR) is 135 cm³/mol. The van der Waals surface area contributed by atoms with Crippen molar-refractivity contribution in [3.8, 4) is 0 Å². The van der Waals surface area contributed by atoms with Crippen LogP contribution in [0.4, 0.5) is 0 Å². The lowest BCUT2D eigenvalue weighted by atomic mass is 10.0. The third-order valence-corrected chi connectivity index (χ3v) is 5.50. The van der Waals surface area contributed by atoms with Crippen LogP contribution in [0, 0.1) is 0 Å². The van der Waals surface area contributed by atoms with Crippen LogP contribution < -0.4 is 27.0 Å². The van der Waals surface area contributed by atoms with Crippen LogP contribution >= 0.6 is 0 Å². The monoisotopic (exact) mass is 577 g/mol. The summed E-state index contributed by atoms with van der Waals surface area (Å²) in [7, 11) is 0. The molecule has 0 fully saturated rings. The van der Waals surface area contributed by atoms with Crippen molar-refractivity contribution in [2.24, 2.45) is 5.73 Å². The Bertz CT molecular complexity index is 901. The van der Waals surface area contributed by atoms with Gasteiger partial charge in [0, 0.05) is 13.3 Å². The Morgan fingerprint density at radius 2 is 1.57 bits per heavy atom. The predicted octanol–water partition coefficient (Wildman–Crippen LogP) is -4.59. The topological polar surface area (TPSA) is 284 Å². The van der Waals surface area contributed by atoms with E-state index in [4.69, 9.17) is 20.7 Å². The molecule has 228 valence electrons. The summed E-state index contributed by atoms with van der Waals surface area (Å²) in [4.78, 5) is 82.6. The molecule has 17 nitrogen and oxygen atoms in total. The molecule has 0 heterocycles. The number of carbonyl (C=O) groups excluding carboxylic acids is 6. The van der Waals surface area contributed by atoms with Crippen LogP contribution in [0.1, 0.15) is 46.5 Å². The van der Waals surface area contributed by atoms with E-state index in [1.165, 1.54) is 6.92 Å². The number of ether oxygens (including phenoxy) is 1. The highest BCUT2D eigenvalue weighted by atomic mass is 16.5. The molecule has 0 radical (unpaired) electrons. The van der Waals surface area contributed by atoms with E-state index in [1.54, 1.807) is 6.92 Å². The van der Waals surface area contributed by atoms with E-state index in [1.807, 2.05) is 0 Å². The number of primary amides is 1. The van der Waals surface area contributed by atoms with E-state index in [0.29, 0.717) is 6.42 Å². The number of aliphatic carboxylic acids is 1. The summed E-state index contributed by atoms with van der Waals surface area (Å²) >= 11 is 0. The Morgan fingerprint density at radius 3 is 2.05 bits per heavy atom. The first-order valence-electron chi connectivity index (χ1n) is 12.4. The second-order valence-electron chi connectivity index (χ2n) is 8.92.